The number of benzene rings is 2. The lowest BCUT2D eigenvalue weighted by atomic mass is 10.1. The van der Waals surface area contributed by atoms with Crippen LogP contribution >= 0.6 is 11.6 Å². The van der Waals surface area contributed by atoms with E-state index >= 15 is 0 Å². The first-order valence-corrected chi connectivity index (χ1v) is 6.86. The van der Waals surface area contributed by atoms with Crippen molar-refractivity contribution < 1.29 is 9.94 Å². The molecule has 0 aliphatic rings. The monoisotopic (exact) mass is 304 g/mol. The minimum atomic E-state index is 0.0823. The van der Waals surface area contributed by atoms with Crippen LogP contribution < -0.4 is 10.5 Å². The summed E-state index contributed by atoms with van der Waals surface area (Å²) in [6, 6.07) is 11.2. The molecular formula is C16H17ClN2O2. The van der Waals surface area contributed by atoms with Gasteiger partial charge >= 0.3 is 0 Å². The number of hydrogen-bond acceptors (Lipinski definition) is 3. The van der Waals surface area contributed by atoms with Gasteiger partial charge in [0.15, 0.2) is 5.84 Å². The number of nitrogens with two attached hydrogens (primary N) is 1. The summed E-state index contributed by atoms with van der Waals surface area (Å²) in [5, 5.41) is 12.4. The number of hydrogen-bond donors (Lipinski definition) is 2. The van der Waals surface area contributed by atoms with Gasteiger partial charge in [-0.2, -0.15) is 0 Å². The molecule has 0 radical (unpaired) electrons. The lowest BCUT2D eigenvalue weighted by Crippen LogP contribution is -2.14. The van der Waals surface area contributed by atoms with Gasteiger partial charge in [0.05, 0.1) is 0 Å². The lowest BCUT2D eigenvalue weighted by molar-refractivity contribution is 0.302. The molecule has 0 saturated heterocycles. The van der Waals surface area contributed by atoms with Gasteiger partial charge in [-0.1, -0.05) is 35.0 Å². The molecule has 5 heteroatoms. The highest BCUT2D eigenvalue weighted by Gasteiger charge is 2.10. The summed E-state index contributed by atoms with van der Waals surface area (Å²) >= 11 is 6.12. The van der Waals surface area contributed by atoms with E-state index in [4.69, 9.17) is 27.3 Å². The third-order valence-corrected chi connectivity index (χ3v) is 3.56. The average Bonchev–Trinajstić information content (AvgIpc) is 2.47. The van der Waals surface area contributed by atoms with E-state index in [1.54, 1.807) is 0 Å². The Morgan fingerprint density at radius 2 is 1.86 bits per heavy atom. The quantitative estimate of drug-likeness (QED) is 0.392. The summed E-state index contributed by atoms with van der Waals surface area (Å²) in [4.78, 5) is 0. The Hall–Kier alpha value is -2.20. The molecule has 110 valence electrons. The van der Waals surface area contributed by atoms with Gasteiger partial charge in [0, 0.05) is 16.1 Å². The van der Waals surface area contributed by atoms with Crippen LogP contribution in [0.3, 0.4) is 0 Å². The van der Waals surface area contributed by atoms with Gasteiger partial charge in [0.2, 0.25) is 0 Å². The molecule has 0 amide bonds. The maximum absolute atomic E-state index is 8.74. The predicted molar refractivity (Wildman–Crippen MR) is 84.2 cm³/mol. The third kappa shape index (κ3) is 3.47. The van der Waals surface area contributed by atoms with Crippen molar-refractivity contribution in [2.24, 2.45) is 10.9 Å². The van der Waals surface area contributed by atoms with Crippen molar-refractivity contribution in [1.82, 2.24) is 0 Å². The lowest BCUT2D eigenvalue weighted by Gasteiger charge is -2.14. The second kappa shape index (κ2) is 6.50. The van der Waals surface area contributed by atoms with Crippen molar-refractivity contribution in [3.63, 3.8) is 0 Å². The van der Waals surface area contributed by atoms with E-state index < -0.39 is 0 Å². The third-order valence-electron chi connectivity index (χ3n) is 3.19. The van der Waals surface area contributed by atoms with Crippen molar-refractivity contribution in [1.29, 1.82) is 0 Å². The Labute approximate surface area is 128 Å². The highest BCUT2D eigenvalue weighted by atomic mass is 35.5. The topological polar surface area (TPSA) is 67.8 Å². The Bertz CT molecular complexity index is 661. The van der Waals surface area contributed by atoms with Gasteiger partial charge in [-0.3, -0.25) is 0 Å². The van der Waals surface area contributed by atoms with Crippen LogP contribution in [0.25, 0.3) is 0 Å². The maximum Gasteiger partial charge on any atom is 0.170 e. The summed E-state index contributed by atoms with van der Waals surface area (Å²) in [7, 11) is 0. The van der Waals surface area contributed by atoms with E-state index in [9.17, 15) is 0 Å². The van der Waals surface area contributed by atoms with Crippen LogP contribution in [0.2, 0.25) is 5.02 Å². The molecule has 0 spiro atoms. The van der Waals surface area contributed by atoms with Crippen molar-refractivity contribution >= 4 is 17.4 Å². The second-order valence-corrected chi connectivity index (χ2v) is 5.21. The van der Waals surface area contributed by atoms with E-state index in [1.165, 1.54) is 0 Å². The van der Waals surface area contributed by atoms with Gasteiger partial charge < -0.3 is 15.7 Å². The zero-order valence-electron chi connectivity index (χ0n) is 11.9. The number of amidine groups is 1. The van der Waals surface area contributed by atoms with E-state index in [2.05, 4.69) is 5.16 Å². The molecule has 2 aromatic carbocycles. The van der Waals surface area contributed by atoms with E-state index in [0.29, 0.717) is 17.2 Å². The zero-order chi connectivity index (χ0) is 15.4. The molecule has 0 aliphatic heterocycles. The summed E-state index contributed by atoms with van der Waals surface area (Å²) in [6.45, 7) is 4.23. The molecular weight excluding hydrogens is 288 g/mol. The van der Waals surface area contributed by atoms with E-state index in [0.717, 1.165) is 22.4 Å². The van der Waals surface area contributed by atoms with Crippen LogP contribution in [0.5, 0.6) is 5.75 Å². The Balaban J connectivity index is 2.23. The fraction of sp³-hybridized carbons (Fsp3) is 0.188. The van der Waals surface area contributed by atoms with Crippen LogP contribution in [0.1, 0.15) is 22.3 Å². The van der Waals surface area contributed by atoms with Crippen molar-refractivity contribution in [3.8, 4) is 5.75 Å². The number of nitrogens with zero attached hydrogens (tertiary/aromatic N) is 1. The van der Waals surface area contributed by atoms with Gasteiger partial charge in [-0.25, -0.2) is 0 Å². The minimum Gasteiger partial charge on any atom is -0.488 e. The van der Waals surface area contributed by atoms with E-state index in [1.807, 2.05) is 50.2 Å². The first-order valence-electron chi connectivity index (χ1n) is 6.48. The molecule has 0 fully saturated rings. The van der Waals surface area contributed by atoms with Crippen LogP contribution in [-0.4, -0.2) is 11.0 Å². The molecule has 0 bridgehead atoms. The van der Waals surface area contributed by atoms with Gasteiger partial charge in [-0.05, 0) is 43.2 Å². The maximum atomic E-state index is 8.74. The van der Waals surface area contributed by atoms with Crippen LogP contribution in [0, 0.1) is 13.8 Å². The van der Waals surface area contributed by atoms with E-state index in [-0.39, 0.29) is 5.84 Å². The second-order valence-electron chi connectivity index (χ2n) is 4.80. The van der Waals surface area contributed by atoms with Crippen molar-refractivity contribution in [2.75, 3.05) is 0 Å². The molecule has 0 atom stereocenters. The molecule has 2 aromatic rings. The van der Waals surface area contributed by atoms with Crippen molar-refractivity contribution in [3.05, 3.63) is 63.7 Å². The predicted octanol–water partition coefficient (Wildman–Crippen LogP) is 3.63. The van der Waals surface area contributed by atoms with Crippen LogP contribution in [-0.2, 0) is 6.61 Å². The smallest absolute Gasteiger partial charge is 0.170 e. The zero-order valence-corrected chi connectivity index (χ0v) is 12.7. The molecule has 0 aliphatic carbocycles. The summed E-state index contributed by atoms with van der Waals surface area (Å²) in [6.07, 6.45) is 0. The normalized spacial score (nSPS) is 11.5. The fourth-order valence-electron chi connectivity index (χ4n) is 2.15. The number of oxime groups is 1. The van der Waals surface area contributed by atoms with Crippen LogP contribution in [0.15, 0.2) is 41.6 Å². The Kier molecular flexibility index (Phi) is 4.70. The largest absolute Gasteiger partial charge is 0.488 e. The number of ether oxygens (including phenoxy) is 1. The molecule has 0 saturated carbocycles. The summed E-state index contributed by atoms with van der Waals surface area (Å²) in [5.74, 6) is 0.864. The molecule has 0 aromatic heterocycles. The van der Waals surface area contributed by atoms with Crippen LogP contribution in [0.4, 0.5) is 0 Å². The highest BCUT2D eigenvalue weighted by Crippen LogP contribution is 2.26. The molecule has 4 nitrogen and oxygen atoms in total. The SMILES string of the molecule is Cc1cc(C(N)=NO)cc(C)c1OCc1ccccc1Cl. The number of rotatable bonds is 4. The molecule has 0 unspecified atom stereocenters. The summed E-state index contributed by atoms with van der Waals surface area (Å²) < 4.78 is 5.88. The Morgan fingerprint density at radius 1 is 1.24 bits per heavy atom. The first-order chi connectivity index (χ1) is 10.0. The van der Waals surface area contributed by atoms with Gasteiger partial charge in [-0.15, -0.1) is 0 Å². The minimum absolute atomic E-state index is 0.0823. The molecule has 21 heavy (non-hydrogen) atoms. The highest BCUT2D eigenvalue weighted by molar-refractivity contribution is 6.31. The molecule has 2 rings (SSSR count). The number of halogens is 1. The Morgan fingerprint density at radius 3 is 2.43 bits per heavy atom. The summed E-state index contributed by atoms with van der Waals surface area (Å²) in [5.41, 5.74) is 9.04. The fourth-order valence-corrected chi connectivity index (χ4v) is 2.34. The molecule has 3 N–H and O–H groups in total. The first kappa shape index (κ1) is 15.2. The van der Waals surface area contributed by atoms with Gasteiger partial charge in [0.25, 0.3) is 0 Å². The molecule has 0 heterocycles. The number of aryl methyl sites for hydroxylation is 2. The van der Waals surface area contributed by atoms with Crippen molar-refractivity contribution in [2.45, 2.75) is 20.5 Å². The average molecular weight is 305 g/mol. The standard InChI is InChI=1S/C16H17ClN2O2/c1-10-7-13(16(18)19-20)8-11(2)15(10)21-9-12-5-3-4-6-14(12)17/h3-8,20H,9H2,1-2H3,(H2,18,19). The van der Waals surface area contributed by atoms with Gasteiger partial charge in [0.1, 0.15) is 12.4 Å².